The zero-order chi connectivity index (χ0) is 14.5. The van der Waals surface area contributed by atoms with Crippen LogP contribution in [0.3, 0.4) is 0 Å². The smallest absolute Gasteiger partial charge is 0.211 e. The topological polar surface area (TPSA) is 88.9 Å². The summed E-state index contributed by atoms with van der Waals surface area (Å²) in [5.74, 6) is 0.946. The molecule has 0 saturated heterocycles. The second-order valence-electron chi connectivity index (χ2n) is 4.78. The van der Waals surface area contributed by atoms with Gasteiger partial charge in [0.25, 0.3) is 0 Å². The van der Waals surface area contributed by atoms with Crippen LogP contribution in [0.4, 0.5) is 0 Å². The Balaban J connectivity index is 2.42. The predicted molar refractivity (Wildman–Crippen MR) is 74.2 cm³/mol. The molecule has 8 heteroatoms. The fourth-order valence-corrected chi connectivity index (χ4v) is 2.22. The Morgan fingerprint density at radius 2 is 2.05 bits per heavy atom. The zero-order valence-electron chi connectivity index (χ0n) is 11.9. The fraction of sp³-hybridized carbons (Fsp3) is 0.818. The third-order valence-corrected chi connectivity index (χ3v) is 4.17. The summed E-state index contributed by atoms with van der Waals surface area (Å²) < 4.78 is 27.2. The minimum absolute atomic E-state index is 0.0265. The summed E-state index contributed by atoms with van der Waals surface area (Å²) in [6, 6.07) is 0.333. The summed E-state index contributed by atoms with van der Waals surface area (Å²) in [6.45, 7) is 8.59. The molecule has 0 fully saturated rings. The Kier molecular flexibility index (Phi) is 5.89. The second-order valence-corrected chi connectivity index (χ2v) is 6.88. The van der Waals surface area contributed by atoms with Crippen molar-refractivity contribution in [1.29, 1.82) is 0 Å². The average Bonchev–Trinajstić information content (AvgIpc) is 2.82. The normalized spacial score (nSPS) is 13.9. The van der Waals surface area contributed by atoms with Crippen molar-refractivity contribution in [3.63, 3.8) is 0 Å². The highest BCUT2D eigenvalue weighted by Gasteiger charge is 2.11. The lowest BCUT2D eigenvalue weighted by Crippen LogP contribution is -2.39. The van der Waals surface area contributed by atoms with Crippen LogP contribution in [-0.4, -0.2) is 41.5 Å². The van der Waals surface area contributed by atoms with Crippen molar-refractivity contribution >= 4 is 10.0 Å². The predicted octanol–water partition coefficient (Wildman–Crippen LogP) is 0.276. The maximum Gasteiger partial charge on any atom is 0.211 e. The summed E-state index contributed by atoms with van der Waals surface area (Å²) in [5.41, 5.74) is 0. The van der Waals surface area contributed by atoms with Gasteiger partial charge < -0.3 is 9.88 Å². The highest BCUT2D eigenvalue weighted by molar-refractivity contribution is 7.89. The lowest BCUT2D eigenvalue weighted by atomic mass is 10.3. The molecule has 0 saturated carbocycles. The third-order valence-electron chi connectivity index (χ3n) is 2.80. The standard InChI is InChI=1S/C11H23N5O2S/c1-5-19(17,18)14-6-10(4)12-7-11-15-13-8-16(11)9(2)3/h8-10,12,14H,5-7H2,1-4H3/t10-/m1/s1. The Bertz CT molecular complexity index is 483. The summed E-state index contributed by atoms with van der Waals surface area (Å²) >= 11 is 0. The molecule has 110 valence electrons. The molecule has 0 aliphatic heterocycles. The first-order valence-corrected chi connectivity index (χ1v) is 8.10. The molecule has 0 spiro atoms. The molecule has 0 unspecified atom stereocenters. The van der Waals surface area contributed by atoms with E-state index in [1.54, 1.807) is 13.3 Å². The van der Waals surface area contributed by atoms with Gasteiger partial charge in [-0.05, 0) is 27.7 Å². The first-order valence-electron chi connectivity index (χ1n) is 6.44. The molecule has 0 bridgehead atoms. The largest absolute Gasteiger partial charge is 0.314 e. The maximum absolute atomic E-state index is 11.3. The summed E-state index contributed by atoms with van der Waals surface area (Å²) in [4.78, 5) is 0. The van der Waals surface area contributed by atoms with E-state index in [1.807, 2.05) is 11.5 Å². The van der Waals surface area contributed by atoms with Crippen molar-refractivity contribution in [2.75, 3.05) is 12.3 Å². The summed E-state index contributed by atoms with van der Waals surface area (Å²) in [5, 5.41) is 11.2. The molecule has 0 aliphatic rings. The van der Waals surface area contributed by atoms with Crippen LogP contribution in [0.1, 0.15) is 39.6 Å². The van der Waals surface area contributed by atoms with Gasteiger partial charge in [0.05, 0.1) is 12.3 Å². The van der Waals surface area contributed by atoms with Crippen LogP contribution in [0.25, 0.3) is 0 Å². The number of nitrogens with one attached hydrogen (secondary N) is 2. The van der Waals surface area contributed by atoms with Crippen molar-refractivity contribution in [2.45, 2.75) is 46.3 Å². The fourth-order valence-electron chi connectivity index (χ4n) is 1.52. The number of sulfonamides is 1. The van der Waals surface area contributed by atoms with Crippen molar-refractivity contribution in [3.05, 3.63) is 12.2 Å². The van der Waals surface area contributed by atoms with Crippen LogP contribution in [0, 0.1) is 0 Å². The van der Waals surface area contributed by atoms with E-state index in [4.69, 9.17) is 0 Å². The molecule has 1 atom stereocenters. The van der Waals surface area contributed by atoms with Crippen molar-refractivity contribution in [2.24, 2.45) is 0 Å². The number of rotatable bonds is 8. The Labute approximate surface area is 114 Å². The van der Waals surface area contributed by atoms with Crippen LogP contribution in [0.5, 0.6) is 0 Å². The van der Waals surface area contributed by atoms with Crippen molar-refractivity contribution in [3.8, 4) is 0 Å². The molecule has 0 aromatic carbocycles. The molecule has 2 N–H and O–H groups in total. The minimum Gasteiger partial charge on any atom is -0.314 e. The number of hydrogen-bond acceptors (Lipinski definition) is 5. The molecule has 7 nitrogen and oxygen atoms in total. The highest BCUT2D eigenvalue weighted by atomic mass is 32.2. The molecular weight excluding hydrogens is 266 g/mol. The number of nitrogens with zero attached hydrogens (tertiary/aromatic N) is 3. The molecule has 1 rings (SSSR count). The SMILES string of the molecule is CCS(=O)(=O)NC[C@@H](C)NCc1nncn1C(C)C. The molecule has 1 heterocycles. The summed E-state index contributed by atoms with van der Waals surface area (Å²) in [6.07, 6.45) is 1.70. The Morgan fingerprint density at radius 1 is 1.37 bits per heavy atom. The monoisotopic (exact) mass is 289 g/mol. The molecule has 19 heavy (non-hydrogen) atoms. The van der Waals surface area contributed by atoms with Gasteiger partial charge in [0.15, 0.2) is 0 Å². The van der Waals surface area contributed by atoms with E-state index in [9.17, 15) is 8.42 Å². The van der Waals surface area contributed by atoms with Crippen LogP contribution in [-0.2, 0) is 16.6 Å². The first-order chi connectivity index (χ1) is 8.85. The lowest BCUT2D eigenvalue weighted by molar-refractivity contribution is 0.490. The van der Waals surface area contributed by atoms with E-state index < -0.39 is 10.0 Å². The van der Waals surface area contributed by atoms with Crippen LogP contribution in [0.2, 0.25) is 0 Å². The Morgan fingerprint density at radius 3 is 2.63 bits per heavy atom. The van der Waals surface area contributed by atoms with Gasteiger partial charge >= 0.3 is 0 Å². The minimum atomic E-state index is -3.13. The van der Waals surface area contributed by atoms with Gasteiger partial charge in [0.1, 0.15) is 12.2 Å². The van der Waals surface area contributed by atoms with E-state index in [0.717, 1.165) is 5.82 Å². The molecule has 0 radical (unpaired) electrons. The van der Waals surface area contributed by atoms with Gasteiger partial charge in [-0.25, -0.2) is 13.1 Å². The Hall–Kier alpha value is -0.990. The van der Waals surface area contributed by atoms with Gasteiger partial charge in [-0.1, -0.05) is 0 Å². The first kappa shape index (κ1) is 16.1. The van der Waals surface area contributed by atoms with Gasteiger partial charge in [-0.15, -0.1) is 10.2 Å². The van der Waals surface area contributed by atoms with E-state index >= 15 is 0 Å². The third kappa shape index (κ3) is 5.25. The molecule has 1 aromatic rings. The van der Waals surface area contributed by atoms with Crippen LogP contribution >= 0.6 is 0 Å². The average molecular weight is 289 g/mol. The van der Waals surface area contributed by atoms with Gasteiger partial charge in [0.2, 0.25) is 10.0 Å². The van der Waals surface area contributed by atoms with Gasteiger partial charge in [0, 0.05) is 18.6 Å². The molecule has 0 amide bonds. The number of hydrogen-bond donors (Lipinski definition) is 2. The lowest BCUT2D eigenvalue weighted by Gasteiger charge is -2.15. The van der Waals surface area contributed by atoms with Gasteiger partial charge in [-0.3, -0.25) is 0 Å². The van der Waals surface area contributed by atoms with E-state index in [1.165, 1.54) is 0 Å². The quantitative estimate of drug-likeness (QED) is 0.717. The van der Waals surface area contributed by atoms with Crippen molar-refractivity contribution in [1.82, 2.24) is 24.8 Å². The summed E-state index contributed by atoms with van der Waals surface area (Å²) in [7, 11) is -3.13. The number of aromatic nitrogens is 3. The molecule has 0 aliphatic carbocycles. The molecular formula is C11H23N5O2S. The maximum atomic E-state index is 11.3. The van der Waals surface area contributed by atoms with Crippen LogP contribution in [0.15, 0.2) is 6.33 Å². The highest BCUT2D eigenvalue weighted by Crippen LogP contribution is 2.06. The van der Waals surface area contributed by atoms with E-state index in [-0.39, 0.29) is 11.8 Å². The van der Waals surface area contributed by atoms with E-state index in [2.05, 4.69) is 34.1 Å². The van der Waals surface area contributed by atoms with E-state index in [0.29, 0.717) is 19.1 Å². The van der Waals surface area contributed by atoms with Gasteiger partial charge in [-0.2, -0.15) is 0 Å². The second kappa shape index (κ2) is 6.97. The molecule has 1 aromatic heterocycles. The zero-order valence-corrected chi connectivity index (χ0v) is 12.7. The van der Waals surface area contributed by atoms with Crippen molar-refractivity contribution < 1.29 is 8.42 Å². The van der Waals surface area contributed by atoms with Crippen LogP contribution < -0.4 is 10.0 Å².